The van der Waals surface area contributed by atoms with Crippen molar-refractivity contribution in [2.45, 2.75) is 31.2 Å². The number of benzene rings is 3. The lowest BCUT2D eigenvalue weighted by Gasteiger charge is -2.30. The minimum atomic E-state index is -3.85. The largest absolute Gasteiger partial charge is 0.466 e. The van der Waals surface area contributed by atoms with Gasteiger partial charge in [0, 0.05) is 35.4 Å². The van der Waals surface area contributed by atoms with Gasteiger partial charge >= 0.3 is 5.97 Å². The fourth-order valence-electron chi connectivity index (χ4n) is 5.55. The number of thioether (sulfide) groups is 1. The summed E-state index contributed by atoms with van der Waals surface area (Å²) in [5.41, 5.74) is 3.28. The highest BCUT2D eigenvalue weighted by Gasteiger charge is 2.34. The zero-order valence-corrected chi connectivity index (χ0v) is 28.6. The van der Waals surface area contributed by atoms with Crippen LogP contribution in [0.4, 0.5) is 0 Å². The van der Waals surface area contributed by atoms with E-state index in [1.165, 1.54) is 21.0 Å². The minimum Gasteiger partial charge on any atom is -0.466 e. The van der Waals surface area contributed by atoms with E-state index in [0.29, 0.717) is 50.5 Å². The highest BCUT2D eigenvalue weighted by Crippen LogP contribution is 2.37. The van der Waals surface area contributed by atoms with Gasteiger partial charge in [-0.25, -0.2) is 13.1 Å². The highest BCUT2D eigenvalue weighted by atomic mass is 35.5. The van der Waals surface area contributed by atoms with Gasteiger partial charge in [0.25, 0.3) is 5.91 Å². The van der Waals surface area contributed by atoms with E-state index in [1.807, 2.05) is 54.7 Å². The van der Waals surface area contributed by atoms with Gasteiger partial charge in [0.05, 0.1) is 34.6 Å². The van der Waals surface area contributed by atoms with E-state index in [4.69, 9.17) is 33.7 Å². The standard InChI is InChI=1S/C34H31ClN4O5S3/c1-2-44-33(41)23-15-17-37(18-16-23)47(42,43)28-13-8-10-24(19-28)31-26(22-39(36-31)27-11-4-3-5-12-27)20-30-32(40)38(34(45)46-30)21-25-9-6-7-14-29(25)35/h3-14,19-20,22-23H,2,15-18,21H2,1H3/b30-20-. The molecule has 2 aliphatic rings. The number of para-hydroxylation sites is 1. The number of hydrogen-bond donors (Lipinski definition) is 0. The second kappa shape index (κ2) is 14.1. The number of esters is 1. The summed E-state index contributed by atoms with van der Waals surface area (Å²) in [6, 6.07) is 23.5. The molecule has 2 aliphatic heterocycles. The van der Waals surface area contributed by atoms with Crippen LogP contribution in [0.2, 0.25) is 5.02 Å². The molecule has 13 heteroatoms. The van der Waals surface area contributed by atoms with Gasteiger partial charge in [0.1, 0.15) is 10.0 Å². The molecule has 47 heavy (non-hydrogen) atoms. The summed E-state index contributed by atoms with van der Waals surface area (Å²) in [5, 5.41) is 5.40. The molecule has 0 unspecified atom stereocenters. The van der Waals surface area contributed by atoms with Crippen molar-refractivity contribution in [3.05, 3.63) is 106 Å². The first-order valence-electron chi connectivity index (χ1n) is 15.1. The number of rotatable bonds is 9. The van der Waals surface area contributed by atoms with Gasteiger partial charge in [0.15, 0.2) is 0 Å². The van der Waals surface area contributed by atoms with Crippen molar-refractivity contribution >= 4 is 67.9 Å². The molecule has 0 spiro atoms. The third-order valence-electron chi connectivity index (χ3n) is 8.03. The van der Waals surface area contributed by atoms with Crippen molar-refractivity contribution in [2.24, 2.45) is 5.92 Å². The van der Waals surface area contributed by atoms with Crippen LogP contribution in [0.1, 0.15) is 30.9 Å². The van der Waals surface area contributed by atoms with E-state index in [2.05, 4.69) is 0 Å². The molecule has 0 radical (unpaired) electrons. The van der Waals surface area contributed by atoms with Crippen molar-refractivity contribution in [2.75, 3.05) is 19.7 Å². The summed E-state index contributed by atoms with van der Waals surface area (Å²) < 4.78 is 36.2. The van der Waals surface area contributed by atoms with E-state index in [0.717, 1.165) is 11.3 Å². The van der Waals surface area contributed by atoms with Crippen LogP contribution in [-0.2, 0) is 30.9 Å². The first-order valence-corrected chi connectivity index (χ1v) is 18.1. The maximum absolute atomic E-state index is 13.7. The average molecular weight is 707 g/mol. The molecule has 9 nitrogen and oxygen atoms in total. The molecular formula is C34H31ClN4O5S3. The summed E-state index contributed by atoms with van der Waals surface area (Å²) in [7, 11) is -3.85. The number of sulfonamides is 1. The van der Waals surface area contributed by atoms with Gasteiger partial charge in [0.2, 0.25) is 10.0 Å². The number of hydrogen-bond acceptors (Lipinski definition) is 8. The number of aromatic nitrogens is 2. The van der Waals surface area contributed by atoms with Gasteiger partial charge < -0.3 is 4.74 Å². The predicted molar refractivity (Wildman–Crippen MR) is 187 cm³/mol. The summed E-state index contributed by atoms with van der Waals surface area (Å²) in [4.78, 5) is 27.8. The van der Waals surface area contributed by atoms with Crippen LogP contribution in [0.15, 0.2) is 94.9 Å². The lowest BCUT2D eigenvalue weighted by molar-refractivity contribution is -0.149. The fraction of sp³-hybridized carbons (Fsp3) is 0.235. The van der Waals surface area contributed by atoms with Gasteiger partial charge in [-0.2, -0.15) is 9.40 Å². The Hall–Kier alpha value is -3.81. The molecule has 3 heterocycles. The molecule has 1 aromatic heterocycles. The van der Waals surface area contributed by atoms with Gasteiger partial charge in [-0.15, -0.1) is 0 Å². The fourth-order valence-corrected chi connectivity index (χ4v) is 8.51. The zero-order valence-electron chi connectivity index (χ0n) is 25.4. The Morgan fingerprint density at radius 1 is 1.06 bits per heavy atom. The van der Waals surface area contributed by atoms with Crippen LogP contribution < -0.4 is 0 Å². The molecule has 2 fully saturated rings. The molecule has 2 saturated heterocycles. The van der Waals surface area contributed by atoms with E-state index >= 15 is 0 Å². The van der Waals surface area contributed by atoms with Crippen molar-refractivity contribution in [3.63, 3.8) is 0 Å². The quantitative estimate of drug-likeness (QED) is 0.110. The number of nitrogens with zero attached hydrogens (tertiary/aromatic N) is 4. The van der Waals surface area contributed by atoms with Gasteiger partial charge in [-0.3, -0.25) is 14.5 Å². The van der Waals surface area contributed by atoms with Crippen LogP contribution in [-0.4, -0.2) is 63.3 Å². The maximum atomic E-state index is 13.7. The number of carbonyl (C=O) groups excluding carboxylic acids is 2. The molecule has 0 N–H and O–H groups in total. The molecule has 0 aliphatic carbocycles. The Balaban J connectivity index is 1.32. The lowest BCUT2D eigenvalue weighted by atomic mass is 9.98. The Bertz CT molecular complexity index is 1970. The average Bonchev–Trinajstić information content (AvgIpc) is 3.62. The van der Waals surface area contributed by atoms with Crippen molar-refractivity contribution in [1.82, 2.24) is 19.0 Å². The predicted octanol–water partition coefficient (Wildman–Crippen LogP) is 6.56. The van der Waals surface area contributed by atoms with Crippen LogP contribution in [0.5, 0.6) is 0 Å². The highest BCUT2D eigenvalue weighted by molar-refractivity contribution is 8.26. The first-order chi connectivity index (χ1) is 22.7. The van der Waals surface area contributed by atoms with Crippen LogP contribution >= 0.6 is 35.6 Å². The molecule has 0 atom stereocenters. The maximum Gasteiger partial charge on any atom is 0.309 e. The SMILES string of the molecule is CCOC(=O)C1CCN(S(=O)(=O)c2cccc(-c3nn(-c4ccccc4)cc3/C=C3\SC(=S)N(Cc4ccccc4Cl)C3=O)c2)CC1. The summed E-state index contributed by atoms with van der Waals surface area (Å²) in [6.07, 6.45) is 4.36. The molecule has 242 valence electrons. The number of carbonyl (C=O) groups is 2. The summed E-state index contributed by atoms with van der Waals surface area (Å²) in [6.45, 7) is 2.74. The molecule has 3 aromatic carbocycles. The molecular weight excluding hydrogens is 676 g/mol. The first kappa shape index (κ1) is 33.1. The van der Waals surface area contributed by atoms with Crippen molar-refractivity contribution in [1.29, 1.82) is 0 Å². The lowest BCUT2D eigenvalue weighted by Crippen LogP contribution is -2.40. The molecule has 0 saturated carbocycles. The number of halogens is 1. The van der Waals surface area contributed by atoms with Crippen LogP contribution in [0.3, 0.4) is 0 Å². The third-order valence-corrected chi connectivity index (χ3v) is 11.7. The molecule has 1 amide bonds. The third kappa shape index (κ3) is 7.07. The van der Waals surface area contributed by atoms with E-state index < -0.39 is 10.0 Å². The molecule has 6 rings (SSSR count). The van der Waals surface area contributed by atoms with E-state index in [1.54, 1.807) is 48.0 Å². The smallest absolute Gasteiger partial charge is 0.309 e. The minimum absolute atomic E-state index is 0.121. The zero-order chi connectivity index (χ0) is 33.1. The molecule has 0 bridgehead atoms. The monoisotopic (exact) mass is 706 g/mol. The van der Waals surface area contributed by atoms with E-state index in [-0.39, 0.29) is 42.3 Å². The summed E-state index contributed by atoms with van der Waals surface area (Å²) in [5.74, 6) is -0.843. The van der Waals surface area contributed by atoms with Crippen molar-refractivity contribution < 1.29 is 22.7 Å². The number of amides is 1. The van der Waals surface area contributed by atoms with Crippen LogP contribution in [0.25, 0.3) is 23.0 Å². The topological polar surface area (TPSA) is 102 Å². The number of piperidine rings is 1. The second-order valence-electron chi connectivity index (χ2n) is 11.0. The van der Waals surface area contributed by atoms with E-state index in [9.17, 15) is 18.0 Å². The summed E-state index contributed by atoms with van der Waals surface area (Å²) >= 11 is 13.1. The van der Waals surface area contributed by atoms with Crippen molar-refractivity contribution in [3.8, 4) is 16.9 Å². The second-order valence-corrected chi connectivity index (χ2v) is 15.1. The normalized spacial score (nSPS) is 17.1. The van der Waals surface area contributed by atoms with Gasteiger partial charge in [-0.05, 0) is 61.7 Å². The Labute approximate surface area is 288 Å². The Kier molecular flexibility index (Phi) is 9.95. The Morgan fingerprint density at radius 2 is 1.79 bits per heavy atom. The Morgan fingerprint density at radius 3 is 2.51 bits per heavy atom. The molecule has 4 aromatic rings. The van der Waals surface area contributed by atoms with Gasteiger partial charge in [-0.1, -0.05) is 84.1 Å². The number of ether oxygens (including phenoxy) is 1. The number of thiocarbonyl (C=S) groups is 1. The van der Waals surface area contributed by atoms with Crippen LogP contribution in [0, 0.1) is 5.92 Å².